The molecule has 1 atom stereocenters. The summed E-state index contributed by atoms with van der Waals surface area (Å²) in [5.74, 6) is -0.455. The molecule has 0 aliphatic carbocycles. The SMILES string of the molecule is CCCC1=C(C(=O)OCC)S[C@]2(SC(C(C)=O)=NN2c2ccc(Cl)cc2)N1C. The van der Waals surface area contributed by atoms with Gasteiger partial charge in [0.25, 0.3) is 0 Å². The van der Waals surface area contributed by atoms with Gasteiger partial charge in [-0.1, -0.05) is 36.7 Å². The summed E-state index contributed by atoms with van der Waals surface area (Å²) in [6, 6.07) is 7.27. The summed E-state index contributed by atoms with van der Waals surface area (Å²) >= 11 is 8.76. The van der Waals surface area contributed by atoms with Crippen LogP contribution in [0.2, 0.25) is 5.02 Å². The number of carbonyl (C=O) groups excluding carboxylic acids is 2. The van der Waals surface area contributed by atoms with Crippen molar-refractivity contribution in [1.29, 1.82) is 0 Å². The quantitative estimate of drug-likeness (QED) is 0.597. The van der Waals surface area contributed by atoms with Crippen LogP contribution in [0.4, 0.5) is 5.69 Å². The zero-order valence-corrected chi connectivity index (χ0v) is 18.6. The molecule has 2 aliphatic heterocycles. The van der Waals surface area contributed by atoms with Crippen molar-refractivity contribution in [3.05, 3.63) is 39.9 Å². The van der Waals surface area contributed by atoms with Crippen LogP contribution >= 0.6 is 35.1 Å². The molecule has 2 heterocycles. The molecule has 28 heavy (non-hydrogen) atoms. The first kappa shape index (κ1) is 21.1. The second-order valence-corrected chi connectivity index (χ2v) is 9.34. The van der Waals surface area contributed by atoms with Gasteiger partial charge in [0, 0.05) is 24.7 Å². The lowest BCUT2D eigenvalue weighted by Crippen LogP contribution is -2.47. The monoisotopic (exact) mass is 439 g/mol. The number of thioether (sulfide) groups is 2. The van der Waals surface area contributed by atoms with Crippen molar-refractivity contribution < 1.29 is 14.3 Å². The molecule has 0 N–H and O–H groups in total. The van der Waals surface area contributed by atoms with E-state index >= 15 is 0 Å². The van der Waals surface area contributed by atoms with Crippen molar-refractivity contribution in [2.75, 3.05) is 18.7 Å². The first-order valence-corrected chi connectivity index (χ1v) is 11.0. The van der Waals surface area contributed by atoms with Crippen LogP contribution in [0.5, 0.6) is 0 Å². The van der Waals surface area contributed by atoms with Crippen LogP contribution in [0.3, 0.4) is 0 Å². The normalized spacial score (nSPS) is 21.5. The lowest BCUT2D eigenvalue weighted by atomic mass is 10.2. The van der Waals surface area contributed by atoms with E-state index in [-0.39, 0.29) is 11.8 Å². The van der Waals surface area contributed by atoms with Gasteiger partial charge in [-0.2, -0.15) is 5.10 Å². The molecule has 6 nitrogen and oxygen atoms in total. The van der Waals surface area contributed by atoms with Crippen LogP contribution in [-0.4, -0.2) is 39.7 Å². The predicted octanol–water partition coefficient (Wildman–Crippen LogP) is 4.66. The Hall–Kier alpha value is -1.64. The number of anilines is 1. The molecular weight excluding hydrogens is 418 g/mol. The van der Waals surface area contributed by atoms with Gasteiger partial charge >= 0.3 is 5.97 Å². The molecule has 0 aromatic heterocycles. The number of nitrogens with zero attached hydrogens (tertiary/aromatic N) is 3. The molecule has 150 valence electrons. The number of hydrogen-bond donors (Lipinski definition) is 0. The first-order valence-electron chi connectivity index (χ1n) is 9.01. The highest BCUT2D eigenvalue weighted by molar-refractivity contribution is 8.28. The van der Waals surface area contributed by atoms with E-state index < -0.39 is 4.33 Å². The summed E-state index contributed by atoms with van der Waals surface area (Å²) in [5.41, 5.74) is 1.69. The maximum atomic E-state index is 12.6. The Morgan fingerprint density at radius 2 is 1.89 bits per heavy atom. The number of ketones is 1. The van der Waals surface area contributed by atoms with Gasteiger partial charge in [-0.25, -0.2) is 9.80 Å². The average molecular weight is 440 g/mol. The second-order valence-electron chi connectivity index (χ2n) is 6.31. The molecule has 1 spiro atoms. The van der Waals surface area contributed by atoms with Crippen LogP contribution in [0.1, 0.15) is 33.6 Å². The van der Waals surface area contributed by atoms with Crippen molar-refractivity contribution in [2.45, 2.75) is 37.9 Å². The number of ether oxygens (including phenoxy) is 1. The van der Waals surface area contributed by atoms with Crippen LogP contribution in [0.15, 0.2) is 40.0 Å². The molecule has 0 unspecified atom stereocenters. The number of Topliss-reactive ketones (excluding diaryl/α,β-unsaturated/α-hetero) is 1. The predicted molar refractivity (Wildman–Crippen MR) is 116 cm³/mol. The first-order chi connectivity index (χ1) is 13.3. The molecule has 0 bridgehead atoms. The Morgan fingerprint density at radius 3 is 2.46 bits per heavy atom. The van der Waals surface area contributed by atoms with Crippen LogP contribution in [0.25, 0.3) is 0 Å². The van der Waals surface area contributed by atoms with Crippen LogP contribution in [-0.2, 0) is 14.3 Å². The number of hydrazone groups is 1. The van der Waals surface area contributed by atoms with Gasteiger partial charge in [-0.3, -0.25) is 4.79 Å². The van der Waals surface area contributed by atoms with E-state index in [1.54, 1.807) is 24.1 Å². The Kier molecular flexibility index (Phi) is 6.31. The Bertz CT molecular complexity index is 856. The third kappa shape index (κ3) is 3.65. The molecule has 9 heteroatoms. The smallest absolute Gasteiger partial charge is 0.346 e. The van der Waals surface area contributed by atoms with Crippen molar-refractivity contribution in [1.82, 2.24) is 4.90 Å². The van der Waals surface area contributed by atoms with E-state index in [2.05, 4.69) is 12.0 Å². The Morgan fingerprint density at radius 1 is 1.21 bits per heavy atom. The molecule has 0 radical (unpaired) electrons. The van der Waals surface area contributed by atoms with Crippen molar-refractivity contribution >= 4 is 57.6 Å². The zero-order valence-electron chi connectivity index (χ0n) is 16.2. The molecular formula is C19H22ClN3O3S2. The van der Waals surface area contributed by atoms with Gasteiger partial charge < -0.3 is 9.64 Å². The molecule has 0 fully saturated rings. The van der Waals surface area contributed by atoms with Crippen LogP contribution in [0, 0.1) is 0 Å². The third-order valence-electron chi connectivity index (χ3n) is 4.33. The minimum atomic E-state index is -0.804. The van der Waals surface area contributed by atoms with E-state index in [1.807, 2.05) is 24.1 Å². The standard InChI is InChI=1S/C19H22ClN3O3S2/c1-5-7-15-16(18(25)26-6-2)27-19(22(15)4)23(21-17(28-19)12(3)24)14-10-8-13(20)9-11-14/h8-11H,5-7H2,1-4H3/t19-/m0/s1. The highest BCUT2D eigenvalue weighted by Crippen LogP contribution is 2.59. The number of allylic oxidation sites excluding steroid dienone is 1. The summed E-state index contributed by atoms with van der Waals surface area (Å²) in [6.45, 7) is 5.66. The van der Waals surface area contributed by atoms with Gasteiger partial charge in [0.2, 0.25) is 4.33 Å². The lowest BCUT2D eigenvalue weighted by Gasteiger charge is -2.39. The van der Waals surface area contributed by atoms with Gasteiger partial charge in [-0.15, -0.1) is 0 Å². The van der Waals surface area contributed by atoms with E-state index in [4.69, 9.17) is 16.3 Å². The Balaban J connectivity index is 2.06. The maximum Gasteiger partial charge on any atom is 0.346 e. The summed E-state index contributed by atoms with van der Waals surface area (Å²) in [5, 5.41) is 7.39. The third-order valence-corrected chi connectivity index (χ3v) is 7.68. The highest BCUT2D eigenvalue weighted by Gasteiger charge is 2.56. The minimum absolute atomic E-state index is 0.114. The molecule has 3 rings (SSSR count). The van der Waals surface area contributed by atoms with Gasteiger partial charge in [-0.05, 0) is 49.4 Å². The molecule has 0 amide bonds. The fourth-order valence-electron chi connectivity index (χ4n) is 3.02. The lowest BCUT2D eigenvalue weighted by molar-refractivity contribution is -0.137. The fourth-order valence-corrected chi connectivity index (χ4v) is 6.04. The second kappa shape index (κ2) is 8.39. The van der Waals surface area contributed by atoms with E-state index in [0.717, 1.165) is 24.2 Å². The summed E-state index contributed by atoms with van der Waals surface area (Å²) < 4.78 is 4.49. The zero-order chi connectivity index (χ0) is 20.5. The number of rotatable bonds is 6. The topological polar surface area (TPSA) is 62.2 Å². The number of halogens is 1. The molecule has 0 saturated carbocycles. The summed E-state index contributed by atoms with van der Waals surface area (Å²) in [6.07, 6.45) is 1.61. The van der Waals surface area contributed by atoms with E-state index in [0.29, 0.717) is 21.6 Å². The van der Waals surface area contributed by atoms with Gasteiger partial charge in [0.1, 0.15) is 4.91 Å². The van der Waals surface area contributed by atoms with E-state index in [1.165, 1.54) is 30.4 Å². The maximum absolute atomic E-state index is 12.6. The molecule has 1 aromatic rings. The number of benzene rings is 1. The van der Waals surface area contributed by atoms with Crippen LogP contribution < -0.4 is 5.01 Å². The fraction of sp³-hybridized carbons (Fsp3) is 0.421. The average Bonchev–Trinajstić information content (AvgIpc) is 3.17. The van der Waals surface area contributed by atoms with Gasteiger partial charge in [0.15, 0.2) is 10.8 Å². The highest BCUT2D eigenvalue weighted by atomic mass is 35.5. The minimum Gasteiger partial charge on any atom is -0.462 e. The largest absolute Gasteiger partial charge is 0.462 e. The van der Waals surface area contributed by atoms with E-state index in [9.17, 15) is 9.59 Å². The number of carbonyl (C=O) groups is 2. The Labute approximate surface area is 178 Å². The van der Waals surface area contributed by atoms with Crippen molar-refractivity contribution in [2.24, 2.45) is 5.10 Å². The summed E-state index contributed by atoms with van der Waals surface area (Å²) in [7, 11) is 1.93. The molecule has 1 aromatic carbocycles. The number of esters is 1. The molecule has 2 aliphatic rings. The number of hydrogen-bond acceptors (Lipinski definition) is 8. The van der Waals surface area contributed by atoms with Gasteiger partial charge in [0.05, 0.1) is 12.3 Å². The van der Waals surface area contributed by atoms with Crippen molar-refractivity contribution in [3.63, 3.8) is 0 Å². The van der Waals surface area contributed by atoms with Crippen molar-refractivity contribution in [3.8, 4) is 0 Å². The summed E-state index contributed by atoms with van der Waals surface area (Å²) in [4.78, 5) is 27.4. The molecule has 0 saturated heterocycles.